The molecule has 3 saturated heterocycles. The van der Waals surface area contributed by atoms with Crippen LogP contribution in [-0.2, 0) is 6.54 Å². The van der Waals surface area contributed by atoms with Gasteiger partial charge in [0.25, 0.3) is 10.9 Å². The number of pyridine rings is 1. The first-order chi connectivity index (χ1) is 17.6. The Balaban J connectivity index is 1.37. The van der Waals surface area contributed by atoms with Crippen molar-refractivity contribution >= 4 is 22.3 Å². The van der Waals surface area contributed by atoms with Crippen LogP contribution in [0.5, 0.6) is 0 Å². The van der Waals surface area contributed by atoms with E-state index in [-0.39, 0.29) is 12.1 Å². The van der Waals surface area contributed by atoms with E-state index >= 15 is 0 Å². The molecule has 2 bridgehead atoms. The monoisotopic (exact) mass is 478 g/mol. The highest BCUT2D eigenvalue weighted by Crippen LogP contribution is 2.43. The van der Waals surface area contributed by atoms with Crippen molar-refractivity contribution in [1.82, 2.24) is 9.88 Å². The molecule has 0 amide bonds. The van der Waals surface area contributed by atoms with Gasteiger partial charge in [0, 0.05) is 30.7 Å². The summed E-state index contributed by atoms with van der Waals surface area (Å²) in [7, 11) is 0. The highest BCUT2D eigenvalue weighted by atomic mass is 16.2. The maximum absolute atomic E-state index is 12.8. The lowest BCUT2D eigenvalue weighted by molar-refractivity contribution is 0.0105. The van der Waals surface area contributed by atoms with E-state index in [1.165, 1.54) is 6.42 Å². The summed E-state index contributed by atoms with van der Waals surface area (Å²) in [6, 6.07) is 20.1. The van der Waals surface area contributed by atoms with Gasteiger partial charge in [-0.2, -0.15) is 0 Å². The van der Waals surface area contributed by atoms with Gasteiger partial charge in [-0.3, -0.25) is 19.5 Å². The van der Waals surface area contributed by atoms with Gasteiger partial charge < -0.3 is 10.6 Å². The molecule has 0 spiro atoms. The SMILES string of the molecule is C=C[C@H]1CN2CC[C@H]1C[C@@H]2[C@H](Nc1c(NCc2ccccc2)c(=O)c1=O)c1ccnc2ccccc12. The fraction of sp³-hybridized carbons (Fsp3) is 0.300. The summed E-state index contributed by atoms with van der Waals surface area (Å²) in [6.07, 6.45) is 6.12. The standard InChI is InChI=1S/C30H30N4O2/c1-2-20-18-34-15-13-21(20)16-25(34)26(23-12-14-31-24-11-7-6-10-22(23)24)33-28-27(29(35)30(28)36)32-17-19-8-4-3-5-9-19/h2-12,14,20-21,25-26,32-33H,1,13,15-18H2/t20-,21-,25+,26+/m0/s1. The van der Waals surface area contributed by atoms with Crippen LogP contribution in [0.15, 0.2) is 89.1 Å². The van der Waals surface area contributed by atoms with Gasteiger partial charge in [0.1, 0.15) is 11.4 Å². The van der Waals surface area contributed by atoms with Crippen LogP contribution in [0.4, 0.5) is 11.4 Å². The molecular formula is C30H30N4O2. The molecule has 0 radical (unpaired) electrons. The van der Waals surface area contributed by atoms with Gasteiger partial charge in [-0.05, 0) is 54.5 Å². The average Bonchev–Trinajstić information content (AvgIpc) is 2.95. The number of para-hydroxylation sites is 1. The first-order valence-electron chi connectivity index (χ1n) is 12.7. The quantitative estimate of drug-likeness (QED) is 0.287. The molecule has 3 aliphatic rings. The molecule has 1 unspecified atom stereocenters. The minimum Gasteiger partial charge on any atom is -0.376 e. The van der Waals surface area contributed by atoms with Crippen LogP contribution < -0.4 is 21.5 Å². The molecular weight excluding hydrogens is 448 g/mol. The molecule has 1 aromatic heterocycles. The van der Waals surface area contributed by atoms with Gasteiger partial charge in [-0.25, -0.2) is 0 Å². The molecule has 6 heteroatoms. The molecule has 0 saturated carbocycles. The highest BCUT2D eigenvalue weighted by molar-refractivity contribution is 5.83. The van der Waals surface area contributed by atoms with Gasteiger partial charge in [0.15, 0.2) is 0 Å². The minimum absolute atomic E-state index is 0.146. The fourth-order valence-electron chi connectivity index (χ4n) is 6.13. The molecule has 7 rings (SSSR count). The van der Waals surface area contributed by atoms with Gasteiger partial charge in [0.05, 0.1) is 11.6 Å². The summed E-state index contributed by atoms with van der Waals surface area (Å²) >= 11 is 0. The Kier molecular flexibility index (Phi) is 5.89. The molecule has 4 heterocycles. The fourth-order valence-corrected chi connectivity index (χ4v) is 6.13. The van der Waals surface area contributed by atoms with Crippen molar-refractivity contribution in [2.45, 2.75) is 31.5 Å². The van der Waals surface area contributed by atoms with E-state index < -0.39 is 10.9 Å². The van der Waals surface area contributed by atoms with Crippen LogP contribution in [0.3, 0.4) is 0 Å². The zero-order valence-corrected chi connectivity index (χ0v) is 20.2. The van der Waals surface area contributed by atoms with E-state index in [1.807, 2.05) is 54.7 Å². The van der Waals surface area contributed by atoms with Crippen molar-refractivity contribution in [2.24, 2.45) is 11.8 Å². The first-order valence-corrected chi connectivity index (χ1v) is 12.7. The van der Waals surface area contributed by atoms with Crippen molar-refractivity contribution < 1.29 is 0 Å². The molecule has 36 heavy (non-hydrogen) atoms. The number of piperidine rings is 3. The van der Waals surface area contributed by atoms with Crippen molar-refractivity contribution in [3.8, 4) is 0 Å². The highest BCUT2D eigenvalue weighted by Gasteiger charge is 2.43. The first kappa shape index (κ1) is 22.7. The Morgan fingerprint density at radius 3 is 2.58 bits per heavy atom. The normalized spacial score (nSPS) is 24.0. The van der Waals surface area contributed by atoms with Gasteiger partial charge in [0.2, 0.25) is 0 Å². The molecule has 3 aliphatic heterocycles. The predicted molar refractivity (Wildman–Crippen MR) is 145 cm³/mol. The number of aromatic nitrogens is 1. The molecule has 6 nitrogen and oxygen atoms in total. The average molecular weight is 479 g/mol. The minimum atomic E-state index is -0.455. The zero-order valence-electron chi connectivity index (χ0n) is 20.2. The van der Waals surface area contributed by atoms with Crippen LogP contribution in [0.2, 0.25) is 0 Å². The Morgan fingerprint density at radius 2 is 1.81 bits per heavy atom. The maximum atomic E-state index is 12.8. The van der Waals surface area contributed by atoms with Gasteiger partial charge in [-0.1, -0.05) is 54.6 Å². The second-order valence-electron chi connectivity index (χ2n) is 10.0. The molecule has 4 aromatic rings. The van der Waals surface area contributed by atoms with E-state index in [0.29, 0.717) is 29.8 Å². The topological polar surface area (TPSA) is 74.3 Å². The lowest BCUT2D eigenvalue weighted by Crippen LogP contribution is -2.56. The van der Waals surface area contributed by atoms with E-state index in [4.69, 9.17) is 0 Å². The predicted octanol–water partition coefficient (Wildman–Crippen LogP) is 4.49. The summed E-state index contributed by atoms with van der Waals surface area (Å²) in [6.45, 7) is 6.57. The summed E-state index contributed by atoms with van der Waals surface area (Å²) in [4.78, 5) is 32.5. The lowest BCUT2D eigenvalue weighted by atomic mass is 9.73. The number of hydrogen-bond acceptors (Lipinski definition) is 6. The van der Waals surface area contributed by atoms with E-state index in [1.54, 1.807) is 0 Å². The Morgan fingerprint density at radius 1 is 1.03 bits per heavy atom. The molecule has 182 valence electrons. The van der Waals surface area contributed by atoms with Crippen LogP contribution in [0.1, 0.15) is 30.0 Å². The number of hydrogen-bond donors (Lipinski definition) is 2. The van der Waals surface area contributed by atoms with Crippen LogP contribution in [0.25, 0.3) is 10.9 Å². The number of fused-ring (bicyclic) bond motifs is 4. The summed E-state index contributed by atoms with van der Waals surface area (Å²) < 4.78 is 0. The van der Waals surface area contributed by atoms with Crippen LogP contribution >= 0.6 is 0 Å². The van der Waals surface area contributed by atoms with Crippen molar-refractivity contribution in [1.29, 1.82) is 0 Å². The van der Waals surface area contributed by atoms with Gasteiger partial charge in [-0.15, -0.1) is 6.58 Å². The van der Waals surface area contributed by atoms with E-state index in [9.17, 15) is 9.59 Å². The third kappa shape index (κ3) is 3.91. The number of rotatable bonds is 8. The van der Waals surface area contributed by atoms with E-state index in [2.05, 4.69) is 45.3 Å². The van der Waals surface area contributed by atoms with Crippen LogP contribution in [-0.4, -0.2) is 29.0 Å². The smallest absolute Gasteiger partial charge is 0.253 e. The second-order valence-corrected chi connectivity index (χ2v) is 10.0. The third-order valence-corrected chi connectivity index (χ3v) is 8.08. The number of nitrogens with zero attached hydrogens (tertiary/aromatic N) is 2. The number of nitrogens with one attached hydrogen (secondary N) is 2. The van der Waals surface area contributed by atoms with Crippen molar-refractivity contribution in [3.05, 3.63) is 111 Å². The number of benzene rings is 2. The third-order valence-electron chi connectivity index (χ3n) is 8.08. The zero-order chi connectivity index (χ0) is 24.6. The Bertz CT molecular complexity index is 1470. The maximum Gasteiger partial charge on any atom is 0.253 e. The largest absolute Gasteiger partial charge is 0.376 e. The summed E-state index contributed by atoms with van der Waals surface area (Å²) in [5, 5.41) is 7.86. The lowest BCUT2D eigenvalue weighted by Gasteiger charge is -2.52. The molecule has 3 fully saturated rings. The second kappa shape index (κ2) is 9.36. The van der Waals surface area contributed by atoms with E-state index in [0.717, 1.165) is 41.5 Å². The summed E-state index contributed by atoms with van der Waals surface area (Å²) in [5.41, 5.74) is 2.96. The van der Waals surface area contributed by atoms with Crippen molar-refractivity contribution in [2.75, 3.05) is 23.7 Å². The Hall–Kier alpha value is -3.77. The molecule has 2 N–H and O–H groups in total. The molecule has 5 atom stereocenters. The van der Waals surface area contributed by atoms with Crippen LogP contribution in [0, 0.1) is 11.8 Å². The summed E-state index contributed by atoms with van der Waals surface area (Å²) in [5.74, 6) is 1.08. The number of anilines is 2. The Labute approximate surface area is 210 Å². The molecule has 3 aromatic carbocycles. The van der Waals surface area contributed by atoms with Gasteiger partial charge >= 0.3 is 0 Å². The van der Waals surface area contributed by atoms with Crippen molar-refractivity contribution in [3.63, 3.8) is 0 Å². The molecule has 0 aliphatic carbocycles.